The predicted molar refractivity (Wildman–Crippen MR) is 165 cm³/mol. The summed E-state index contributed by atoms with van der Waals surface area (Å²) in [7, 11) is 1.57. The first-order chi connectivity index (χ1) is 20.3. The molecule has 0 fully saturated rings. The zero-order chi connectivity index (χ0) is 32.1. The maximum atomic E-state index is 13.3. The van der Waals surface area contributed by atoms with Crippen LogP contribution in [0.3, 0.4) is 0 Å². The Balaban J connectivity index is 2.37. The van der Waals surface area contributed by atoms with Gasteiger partial charge in [-0.3, -0.25) is 24.6 Å². The minimum absolute atomic E-state index is 0.0487. The van der Waals surface area contributed by atoms with Gasteiger partial charge in [-0.1, -0.05) is 70.2 Å². The summed E-state index contributed by atoms with van der Waals surface area (Å²) in [6.45, 7) is 10.2. The highest BCUT2D eigenvalue weighted by Gasteiger charge is 2.31. The predicted octanol–water partition coefficient (Wildman–Crippen LogP) is 1.94. The number of hydrogen-bond acceptors (Lipinski definition) is 7. The van der Waals surface area contributed by atoms with Crippen LogP contribution < -0.4 is 26.1 Å². The van der Waals surface area contributed by atoms with Gasteiger partial charge in [-0.2, -0.15) is 0 Å². The van der Waals surface area contributed by atoms with E-state index in [4.69, 9.17) is 4.74 Å². The molecule has 43 heavy (non-hydrogen) atoms. The van der Waals surface area contributed by atoms with Crippen LogP contribution in [0.1, 0.15) is 52.7 Å². The van der Waals surface area contributed by atoms with E-state index in [2.05, 4.69) is 21.4 Å². The van der Waals surface area contributed by atoms with Gasteiger partial charge in [-0.15, -0.1) is 0 Å². The summed E-state index contributed by atoms with van der Waals surface area (Å²) < 4.78 is 5.25. The van der Waals surface area contributed by atoms with Gasteiger partial charge < -0.3 is 25.8 Å². The maximum Gasteiger partial charge on any atom is 0.257 e. The molecule has 0 saturated heterocycles. The summed E-state index contributed by atoms with van der Waals surface area (Å²) in [5, 5.41) is 21.5. The first-order valence-corrected chi connectivity index (χ1v) is 14.6. The highest BCUT2D eigenvalue weighted by molar-refractivity contribution is 5.87. The number of hydrogen-bond donors (Lipinski definition) is 5. The molecule has 0 aliphatic heterocycles. The Kier molecular flexibility index (Phi) is 14.1. The number of hydrazine groups is 1. The van der Waals surface area contributed by atoms with E-state index in [0.29, 0.717) is 12.2 Å². The van der Waals surface area contributed by atoms with Crippen LogP contribution in [0.4, 0.5) is 0 Å². The molecule has 11 heteroatoms. The topological polar surface area (TPSA) is 149 Å². The Bertz CT molecular complexity index is 1190. The SMILES string of the molecule is COc1ccc(CN(CC(O)C(Cc2ccccc2)NC(=O)[C@@H](NC(C)=O)C(C)C)NC(=O)[C@@H](NC(C)=O)C(C)C)cc1. The molecular formula is C32H47N5O6. The number of amides is 4. The summed E-state index contributed by atoms with van der Waals surface area (Å²) >= 11 is 0. The second kappa shape index (κ2) is 17.2. The van der Waals surface area contributed by atoms with Crippen molar-refractivity contribution in [3.63, 3.8) is 0 Å². The molecule has 0 bridgehead atoms. The molecule has 0 heterocycles. The molecule has 2 aromatic rings. The third kappa shape index (κ3) is 12.0. The number of aliphatic hydroxyl groups is 1. The molecule has 4 atom stereocenters. The van der Waals surface area contributed by atoms with Crippen molar-refractivity contribution in [1.29, 1.82) is 0 Å². The second-order valence-electron chi connectivity index (χ2n) is 11.4. The third-order valence-electron chi connectivity index (χ3n) is 6.91. The molecule has 4 amide bonds. The minimum atomic E-state index is -1.13. The van der Waals surface area contributed by atoms with Gasteiger partial charge in [0.25, 0.3) is 5.91 Å². The standard InChI is InChI=1S/C32H47N5O6/c1-20(2)29(33-22(5)38)31(41)35-27(17-24-11-9-8-10-12-24)28(40)19-37(18-25-13-15-26(43-7)16-14-25)36-32(42)30(21(3)4)34-23(6)39/h8-16,20-21,27-30,40H,17-19H2,1-7H3,(H,33,38)(H,34,39)(H,35,41)(H,36,42)/t27?,28?,29-,30-/m0/s1. The number of nitrogens with one attached hydrogen (secondary N) is 4. The number of carbonyl (C=O) groups is 4. The second-order valence-corrected chi connectivity index (χ2v) is 11.4. The monoisotopic (exact) mass is 597 g/mol. The first-order valence-electron chi connectivity index (χ1n) is 14.6. The zero-order valence-corrected chi connectivity index (χ0v) is 26.2. The quantitative estimate of drug-likeness (QED) is 0.186. The van der Waals surface area contributed by atoms with Crippen molar-refractivity contribution in [2.45, 2.75) is 78.7 Å². The fraction of sp³-hybridized carbons (Fsp3) is 0.500. The number of ether oxygens (including phenoxy) is 1. The van der Waals surface area contributed by atoms with Crippen molar-refractivity contribution >= 4 is 23.6 Å². The van der Waals surface area contributed by atoms with E-state index in [1.165, 1.54) is 13.8 Å². The van der Waals surface area contributed by atoms with Crippen LogP contribution in [-0.2, 0) is 32.1 Å². The van der Waals surface area contributed by atoms with Crippen LogP contribution in [0.5, 0.6) is 5.75 Å². The molecule has 2 rings (SSSR count). The average molecular weight is 598 g/mol. The zero-order valence-electron chi connectivity index (χ0n) is 26.2. The van der Waals surface area contributed by atoms with E-state index in [-0.39, 0.29) is 36.7 Å². The van der Waals surface area contributed by atoms with E-state index < -0.39 is 36.0 Å². The molecule has 0 aliphatic rings. The van der Waals surface area contributed by atoms with Crippen molar-refractivity contribution in [2.24, 2.45) is 11.8 Å². The largest absolute Gasteiger partial charge is 0.497 e. The van der Waals surface area contributed by atoms with Crippen LogP contribution >= 0.6 is 0 Å². The van der Waals surface area contributed by atoms with Gasteiger partial charge in [0.2, 0.25) is 17.7 Å². The lowest BCUT2D eigenvalue weighted by atomic mass is 9.98. The summed E-state index contributed by atoms with van der Waals surface area (Å²) in [6.07, 6.45) is -0.824. The fourth-order valence-electron chi connectivity index (χ4n) is 4.61. The van der Waals surface area contributed by atoms with Crippen LogP contribution in [0.15, 0.2) is 54.6 Å². The molecule has 0 radical (unpaired) electrons. The van der Waals surface area contributed by atoms with Gasteiger partial charge in [0, 0.05) is 26.9 Å². The van der Waals surface area contributed by atoms with E-state index in [1.54, 1.807) is 24.3 Å². The molecule has 0 saturated carbocycles. The van der Waals surface area contributed by atoms with Crippen molar-refractivity contribution < 1.29 is 29.0 Å². The molecule has 0 aromatic heterocycles. The molecule has 0 spiro atoms. The Morgan fingerprint density at radius 3 is 1.79 bits per heavy atom. The third-order valence-corrected chi connectivity index (χ3v) is 6.91. The number of benzene rings is 2. The summed E-state index contributed by atoms with van der Waals surface area (Å²) in [6, 6.07) is 14.4. The molecule has 5 N–H and O–H groups in total. The lowest BCUT2D eigenvalue weighted by Gasteiger charge is -2.33. The molecule has 236 valence electrons. The fourth-order valence-corrected chi connectivity index (χ4v) is 4.61. The Morgan fingerprint density at radius 2 is 1.30 bits per heavy atom. The van der Waals surface area contributed by atoms with Gasteiger partial charge in [-0.05, 0) is 41.5 Å². The summed E-state index contributed by atoms with van der Waals surface area (Å²) in [4.78, 5) is 50.2. The van der Waals surface area contributed by atoms with Gasteiger partial charge in [0.15, 0.2) is 0 Å². The average Bonchev–Trinajstić information content (AvgIpc) is 2.94. The maximum absolute atomic E-state index is 13.3. The van der Waals surface area contributed by atoms with Crippen molar-refractivity contribution in [1.82, 2.24) is 26.4 Å². The van der Waals surface area contributed by atoms with Gasteiger partial charge in [0.05, 0.1) is 19.3 Å². The van der Waals surface area contributed by atoms with E-state index in [9.17, 15) is 24.3 Å². The summed E-state index contributed by atoms with van der Waals surface area (Å²) in [5.41, 5.74) is 4.60. The number of methoxy groups -OCH3 is 1. The Hall–Kier alpha value is -3.96. The molecule has 2 aromatic carbocycles. The lowest BCUT2D eigenvalue weighted by Crippen LogP contribution is -2.59. The highest BCUT2D eigenvalue weighted by atomic mass is 16.5. The Labute approximate surface area is 254 Å². The molecule has 2 unspecified atom stereocenters. The van der Waals surface area contributed by atoms with Crippen molar-refractivity contribution in [3.05, 3.63) is 65.7 Å². The Morgan fingerprint density at radius 1 is 0.767 bits per heavy atom. The highest BCUT2D eigenvalue weighted by Crippen LogP contribution is 2.15. The van der Waals surface area contributed by atoms with Gasteiger partial charge in [-0.25, -0.2) is 5.01 Å². The van der Waals surface area contributed by atoms with Gasteiger partial charge in [0.1, 0.15) is 17.8 Å². The molecule has 11 nitrogen and oxygen atoms in total. The number of aliphatic hydroxyl groups excluding tert-OH is 1. The lowest BCUT2D eigenvalue weighted by molar-refractivity contribution is -0.134. The van der Waals surface area contributed by atoms with Crippen molar-refractivity contribution in [2.75, 3.05) is 13.7 Å². The van der Waals surface area contributed by atoms with Crippen LogP contribution in [-0.4, -0.2) is 71.6 Å². The summed E-state index contributed by atoms with van der Waals surface area (Å²) in [5.74, 6) is -1.22. The van der Waals surface area contributed by atoms with Crippen LogP contribution in [0.2, 0.25) is 0 Å². The van der Waals surface area contributed by atoms with Crippen molar-refractivity contribution in [3.8, 4) is 5.75 Å². The number of nitrogens with zero attached hydrogens (tertiary/aromatic N) is 1. The van der Waals surface area contributed by atoms with E-state index in [0.717, 1.165) is 11.1 Å². The van der Waals surface area contributed by atoms with E-state index in [1.807, 2.05) is 70.2 Å². The minimum Gasteiger partial charge on any atom is -0.497 e. The van der Waals surface area contributed by atoms with Crippen LogP contribution in [0.25, 0.3) is 0 Å². The number of carbonyl (C=O) groups excluding carboxylic acids is 4. The van der Waals surface area contributed by atoms with E-state index >= 15 is 0 Å². The number of rotatable bonds is 16. The van der Waals surface area contributed by atoms with Gasteiger partial charge >= 0.3 is 0 Å². The normalized spacial score (nSPS) is 14.0. The first kappa shape index (κ1) is 35.2. The smallest absolute Gasteiger partial charge is 0.257 e. The molecular weight excluding hydrogens is 550 g/mol. The van der Waals surface area contributed by atoms with Crippen LogP contribution in [0, 0.1) is 11.8 Å². The molecule has 0 aliphatic carbocycles.